The standard InChI is InChI=1S/C24H21N5O2S/c1-15-19(8-9-22-21(15)14-29(2)28-22)24-20-12-23(26-13-16(20)10-11-25-24)27-17-4-6-18(7-5-17)32(3,30)31/h4-14H,1-3H3,(H,26,27). The average Bonchev–Trinajstić information content (AvgIpc) is 3.15. The minimum atomic E-state index is -3.23. The molecule has 0 fully saturated rings. The molecular weight excluding hydrogens is 422 g/mol. The highest BCUT2D eigenvalue weighted by Gasteiger charge is 2.13. The van der Waals surface area contributed by atoms with E-state index in [1.54, 1.807) is 30.5 Å². The molecule has 8 heteroatoms. The summed E-state index contributed by atoms with van der Waals surface area (Å²) in [5, 5.41) is 10.8. The van der Waals surface area contributed by atoms with Crippen LogP contribution in [0.3, 0.4) is 0 Å². The van der Waals surface area contributed by atoms with Gasteiger partial charge in [-0.1, -0.05) is 6.07 Å². The summed E-state index contributed by atoms with van der Waals surface area (Å²) in [5.41, 5.74) is 4.76. The van der Waals surface area contributed by atoms with Crippen LogP contribution in [0.1, 0.15) is 5.56 Å². The van der Waals surface area contributed by atoms with Crippen molar-refractivity contribution in [1.29, 1.82) is 0 Å². The number of hydrogen-bond donors (Lipinski definition) is 1. The van der Waals surface area contributed by atoms with Crippen LogP contribution in [0.2, 0.25) is 0 Å². The van der Waals surface area contributed by atoms with Crippen molar-refractivity contribution in [2.45, 2.75) is 11.8 Å². The molecule has 0 unspecified atom stereocenters. The van der Waals surface area contributed by atoms with Gasteiger partial charge in [0.2, 0.25) is 0 Å². The summed E-state index contributed by atoms with van der Waals surface area (Å²) in [7, 11) is -1.32. The van der Waals surface area contributed by atoms with Crippen LogP contribution >= 0.6 is 0 Å². The monoisotopic (exact) mass is 443 g/mol. The van der Waals surface area contributed by atoms with Crippen LogP contribution in [0.15, 0.2) is 72.0 Å². The van der Waals surface area contributed by atoms with Crippen LogP contribution < -0.4 is 5.32 Å². The first kappa shape index (κ1) is 20.1. The van der Waals surface area contributed by atoms with Gasteiger partial charge in [0.25, 0.3) is 0 Å². The molecular formula is C24H21N5O2S. The number of aryl methyl sites for hydroxylation is 2. The van der Waals surface area contributed by atoms with Crippen molar-refractivity contribution in [3.05, 3.63) is 72.7 Å². The van der Waals surface area contributed by atoms with Crippen molar-refractivity contribution < 1.29 is 8.42 Å². The molecule has 0 bridgehead atoms. The Morgan fingerprint density at radius 1 is 0.969 bits per heavy atom. The first-order valence-electron chi connectivity index (χ1n) is 10.0. The molecule has 0 aliphatic carbocycles. The first-order chi connectivity index (χ1) is 15.3. The number of fused-ring (bicyclic) bond motifs is 2. The Labute approximate surface area is 185 Å². The second kappa shape index (κ2) is 7.42. The lowest BCUT2D eigenvalue weighted by atomic mass is 9.98. The molecule has 160 valence electrons. The first-order valence-corrected chi connectivity index (χ1v) is 11.9. The van der Waals surface area contributed by atoms with Gasteiger partial charge in [-0.25, -0.2) is 13.4 Å². The third-order valence-electron chi connectivity index (χ3n) is 5.53. The molecule has 0 aliphatic rings. The van der Waals surface area contributed by atoms with Gasteiger partial charge in [-0.2, -0.15) is 5.10 Å². The summed E-state index contributed by atoms with van der Waals surface area (Å²) in [6, 6.07) is 14.6. The van der Waals surface area contributed by atoms with E-state index in [-0.39, 0.29) is 4.90 Å². The molecule has 5 aromatic rings. The third-order valence-corrected chi connectivity index (χ3v) is 6.66. The molecule has 0 saturated carbocycles. The summed E-state index contributed by atoms with van der Waals surface area (Å²) < 4.78 is 25.2. The third kappa shape index (κ3) is 3.58. The van der Waals surface area contributed by atoms with E-state index in [9.17, 15) is 8.42 Å². The van der Waals surface area contributed by atoms with E-state index in [0.717, 1.165) is 44.2 Å². The Kier molecular flexibility index (Phi) is 4.67. The molecule has 0 aliphatic heterocycles. The highest BCUT2D eigenvalue weighted by atomic mass is 32.2. The molecule has 5 rings (SSSR count). The van der Waals surface area contributed by atoms with Gasteiger partial charge in [0.1, 0.15) is 5.82 Å². The highest BCUT2D eigenvalue weighted by molar-refractivity contribution is 7.90. The molecule has 3 heterocycles. The summed E-state index contributed by atoms with van der Waals surface area (Å²) in [6.45, 7) is 2.09. The van der Waals surface area contributed by atoms with E-state index in [0.29, 0.717) is 5.82 Å². The number of anilines is 2. The van der Waals surface area contributed by atoms with E-state index >= 15 is 0 Å². The number of pyridine rings is 2. The number of aromatic nitrogens is 4. The second-order valence-electron chi connectivity index (χ2n) is 7.85. The SMILES string of the molecule is Cc1c(-c2nccc3cnc(Nc4ccc(S(C)(=O)=O)cc4)cc23)ccc2nn(C)cc12. The minimum Gasteiger partial charge on any atom is -0.340 e. The van der Waals surface area contributed by atoms with Crippen molar-refractivity contribution in [1.82, 2.24) is 19.7 Å². The van der Waals surface area contributed by atoms with E-state index in [1.165, 1.54) is 6.26 Å². The molecule has 3 aromatic heterocycles. The molecule has 2 aromatic carbocycles. The molecule has 0 spiro atoms. The van der Waals surface area contributed by atoms with Crippen LogP contribution in [-0.4, -0.2) is 34.4 Å². The quantitative estimate of drug-likeness (QED) is 0.435. The van der Waals surface area contributed by atoms with Crippen LogP contribution in [0.25, 0.3) is 32.9 Å². The number of nitrogens with one attached hydrogen (secondary N) is 1. The lowest BCUT2D eigenvalue weighted by Gasteiger charge is -2.11. The van der Waals surface area contributed by atoms with Crippen molar-refractivity contribution >= 4 is 43.0 Å². The highest BCUT2D eigenvalue weighted by Crippen LogP contribution is 2.33. The van der Waals surface area contributed by atoms with Crippen molar-refractivity contribution in [2.24, 2.45) is 7.05 Å². The van der Waals surface area contributed by atoms with Gasteiger partial charge in [-0.05, 0) is 55.0 Å². The van der Waals surface area contributed by atoms with Crippen LogP contribution in [-0.2, 0) is 16.9 Å². The maximum absolute atomic E-state index is 11.7. The zero-order chi connectivity index (χ0) is 22.5. The van der Waals surface area contributed by atoms with Gasteiger partial charge < -0.3 is 5.32 Å². The number of hydrogen-bond acceptors (Lipinski definition) is 6. The molecule has 0 radical (unpaired) electrons. The average molecular weight is 444 g/mol. The summed E-state index contributed by atoms with van der Waals surface area (Å²) >= 11 is 0. The summed E-state index contributed by atoms with van der Waals surface area (Å²) in [4.78, 5) is 9.48. The molecule has 0 amide bonds. The lowest BCUT2D eigenvalue weighted by molar-refractivity contribution is 0.602. The Balaban J connectivity index is 1.57. The topological polar surface area (TPSA) is 89.8 Å². The minimum absolute atomic E-state index is 0.280. The van der Waals surface area contributed by atoms with Gasteiger partial charge in [0.05, 0.1) is 16.1 Å². The Bertz CT molecular complexity index is 1590. The smallest absolute Gasteiger partial charge is 0.175 e. The Hall–Kier alpha value is -3.78. The predicted molar refractivity (Wildman–Crippen MR) is 127 cm³/mol. The van der Waals surface area contributed by atoms with E-state index in [2.05, 4.69) is 33.4 Å². The van der Waals surface area contributed by atoms with Crippen molar-refractivity contribution in [3.63, 3.8) is 0 Å². The number of rotatable bonds is 4. The fraction of sp³-hybridized carbons (Fsp3) is 0.125. The molecule has 1 N–H and O–H groups in total. The zero-order valence-corrected chi connectivity index (χ0v) is 18.7. The Morgan fingerprint density at radius 3 is 2.50 bits per heavy atom. The van der Waals surface area contributed by atoms with E-state index < -0.39 is 9.84 Å². The van der Waals surface area contributed by atoms with E-state index in [1.807, 2.05) is 42.3 Å². The number of sulfone groups is 1. The largest absolute Gasteiger partial charge is 0.340 e. The number of nitrogens with zero attached hydrogens (tertiary/aromatic N) is 4. The van der Waals surface area contributed by atoms with Crippen LogP contribution in [0.5, 0.6) is 0 Å². The fourth-order valence-electron chi connectivity index (χ4n) is 3.89. The molecule has 32 heavy (non-hydrogen) atoms. The zero-order valence-electron chi connectivity index (χ0n) is 17.9. The van der Waals surface area contributed by atoms with Crippen LogP contribution in [0.4, 0.5) is 11.5 Å². The van der Waals surface area contributed by atoms with Gasteiger partial charge in [0, 0.05) is 59.3 Å². The Morgan fingerprint density at radius 2 is 1.75 bits per heavy atom. The molecule has 0 atom stereocenters. The van der Waals surface area contributed by atoms with Gasteiger partial charge in [-0.3, -0.25) is 9.67 Å². The maximum Gasteiger partial charge on any atom is 0.175 e. The van der Waals surface area contributed by atoms with Crippen molar-refractivity contribution in [2.75, 3.05) is 11.6 Å². The van der Waals surface area contributed by atoms with Gasteiger partial charge in [-0.15, -0.1) is 0 Å². The lowest BCUT2D eigenvalue weighted by Crippen LogP contribution is -1.98. The summed E-state index contributed by atoms with van der Waals surface area (Å²) in [5.74, 6) is 0.652. The predicted octanol–water partition coefficient (Wildman–Crippen LogP) is 4.64. The van der Waals surface area contributed by atoms with Gasteiger partial charge in [0.15, 0.2) is 9.84 Å². The van der Waals surface area contributed by atoms with Gasteiger partial charge >= 0.3 is 0 Å². The summed E-state index contributed by atoms with van der Waals surface area (Å²) in [6.07, 6.45) is 6.82. The fourth-order valence-corrected chi connectivity index (χ4v) is 4.52. The van der Waals surface area contributed by atoms with E-state index in [4.69, 9.17) is 0 Å². The molecule has 7 nitrogen and oxygen atoms in total. The normalized spacial score (nSPS) is 11.8. The molecule has 0 saturated heterocycles. The number of benzene rings is 2. The second-order valence-corrected chi connectivity index (χ2v) is 9.86. The van der Waals surface area contributed by atoms with Crippen LogP contribution in [0, 0.1) is 6.92 Å². The maximum atomic E-state index is 11.7. The van der Waals surface area contributed by atoms with Crippen molar-refractivity contribution in [3.8, 4) is 11.3 Å².